The molecule has 0 heterocycles. The second-order valence-corrected chi connectivity index (χ2v) is 2.49. The summed E-state index contributed by atoms with van der Waals surface area (Å²) < 4.78 is 12.4. The predicted octanol–water partition coefficient (Wildman–Crippen LogP) is 2.89. The van der Waals surface area contributed by atoms with Crippen molar-refractivity contribution in [2.75, 3.05) is 7.05 Å². The van der Waals surface area contributed by atoms with Crippen LogP contribution in [-0.4, -0.2) is 7.05 Å². The number of benzene rings is 1. The van der Waals surface area contributed by atoms with Crippen LogP contribution in [0.2, 0.25) is 0 Å². The average molecular weight is 152 g/mol. The van der Waals surface area contributed by atoms with E-state index in [0.29, 0.717) is 0 Å². The maximum absolute atomic E-state index is 12.4. The number of hydrogen-bond donors (Lipinski definition) is 0. The van der Waals surface area contributed by atoms with Crippen molar-refractivity contribution in [1.82, 2.24) is 0 Å². The van der Waals surface area contributed by atoms with Crippen LogP contribution in [0.4, 0.5) is 4.39 Å². The monoisotopic (exact) mass is 152 g/mol. The van der Waals surface area contributed by atoms with Gasteiger partial charge in [0.25, 0.3) is 0 Å². The van der Waals surface area contributed by atoms with Crippen LogP contribution in [0.25, 0.3) is 5.32 Å². The zero-order valence-electron chi connectivity index (χ0n) is 6.71. The molecule has 1 rings (SSSR count). The Labute approximate surface area is 66.2 Å². The molecule has 0 spiro atoms. The Balaban J connectivity index is 2.81. The van der Waals surface area contributed by atoms with Crippen molar-refractivity contribution in [1.29, 1.82) is 0 Å². The van der Waals surface area contributed by atoms with Crippen molar-refractivity contribution in [2.45, 2.75) is 13.0 Å². The van der Waals surface area contributed by atoms with Crippen LogP contribution >= 0.6 is 0 Å². The summed E-state index contributed by atoms with van der Waals surface area (Å²) in [5.41, 5.74) is 1.05. The molecule has 1 aromatic carbocycles. The van der Waals surface area contributed by atoms with E-state index >= 15 is 0 Å². The van der Waals surface area contributed by atoms with Gasteiger partial charge in [-0.1, -0.05) is 24.6 Å². The minimum Gasteiger partial charge on any atom is -0.659 e. The molecule has 0 radical (unpaired) electrons. The van der Waals surface area contributed by atoms with Gasteiger partial charge in [-0.15, -0.1) is 6.04 Å². The third-order valence-electron chi connectivity index (χ3n) is 1.74. The van der Waals surface area contributed by atoms with Crippen molar-refractivity contribution < 1.29 is 4.39 Å². The normalized spacial score (nSPS) is 13.0. The van der Waals surface area contributed by atoms with E-state index in [1.54, 1.807) is 19.2 Å². The molecule has 0 amide bonds. The van der Waals surface area contributed by atoms with Crippen molar-refractivity contribution in [2.24, 2.45) is 0 Å². The molecule has 0 saturated heterocycles. The van der Waals surface area contributed by atoms with E-state index in [0.717, 1.165) is 5.56 Å². The topological polar surface area (TPSA) is 14.1 Å². The summed E-state index contributed by atoms with van der Waals surface area (Å²) in [6, 6.07) is 6.59. The third-order valence-corrected chi connectivity index (χ3v) is 1.74. The lowest BCUT2D eigenvalue weighted by Crippen LogP contribution is -1.89. The Morgan fingerprint density at radius 2 is 1.82 bits per heavy atom. The van der Waals surface area contributed by atoms with E-state index in [2.05, 4.69) is 5.32 Å². The lowest BCUT2D eigenvalue weighted by molar-refractivity contribution is 0.626. The third kappa shape index (κ3) is 2.02. The minimum atomic E-state index is -0.197. The summed E-state index contributed by atoms with van der Waals surface area (Å²) in [7, 11) is 1.76. The Hall–Kier alpha value is -0.890. The quantitative estimate of drug-likeness (QED) is 0.618. The predicted molar refractivity (Wildman–Crippen MR) is 44.1 cm³/mol. The van der Waals surface area contributed by atoms with Gasteiger partial charge in [0, 0.05) is 0 Å². The average Bonchev–Trinajstić information content (AvgIpc) is 2.05. The van der Waals surface area contributed by atoms with Gasteiger partial charge >= 0.3 is 0 Å². The fourth-order valence-electron chi connectivity index (χ4n) is 0.890. The van der Waals surface area contributed by atoms with E-state index in [-0.39, 0.29) is 11.9 Å². The maximum atomic E-state index is 12.4. The van der Waals surface area contributed by atoms with Crippen LogP contribution in [-0.2, 0) is 0 Å². The molecule has 0 aliphatic rings. The van der Waals surface area contributed by atoms with Gasteiger partial charge in [0.2, 0.25) is 0 Å². The second-order valence-electron chi connectivity index (χ2n) is 2.49. The smallest absolute Gasteiger partial charge is 0.123 e. The van der Waals surface area contributed by atoms with Gasteiger partial charge in [0.15, 0.2) is 0 Å². The van der Waals surface area contributed by atoms with Crippen LogP contribution in [0, 0.1) is 5.82 Å². The van der Waals surface area contributed by atoms with Crippen molar-refractivity contribution in [3.05, 3.63) is 41.0 Å². The Kier molecular flexibility index (Phi) is 2.60. The van der Waals surface area contributed by atoms with Crippen LogP contribution in [0.1, 0.15) is 18.5 Å². The number of halogens is 1. The van der Waals surface area contributed by atoms with Crippen LogP contribution in [0.15, 0.2) is 24.3 Å². The zero-order chi connectivity index (χ0) is 8.27. The molecule has 0 saturated carbocycles. The molecule has 0 fully saturated rings. The summed E-state index contributed by atoms with van der Waals surface area (Å²) in [6.07, 6.45) is 0. The van der Waals surface area contributed by atoms with E-state index in [4.69, 9.17) is 0 Å². The fraction of sp³-hybridized carbons (Fsp3) is 0.333. The van der Waals surface area contributed by atoms with E-state index in [1.165, 1.54) is 12.1 Å². The summed E-state index contributed by atoms with van der Waals surface area (Å²) in [5, 5.41) is 4.07. The van der Waals surface area contributed by atoms with Gasteiger partial charge in [-0.2, -0.15) is 7.05 Å². The highest BCUT2D eigenvalue weighted by Crippen LogP contribution is 2.18. The molecule has 1 aromatic rings. The second kappa shape index (κ2) is 3.49. The molecule has 2 heteroatoms. The molecule has 60 valence electrons. The number of hydrogen-bond acceptors (Lipinski definition) is 0. The van der Waals surface area contributed by atoms with Crippen molar-refractivity contribution in [3.63, 3.8) is 0 Å². The first-order valence-corrected chi connectivity index (χ1v) is 3.58. The van der Waals surface area contributed by atoms with Crippen LogP contribution < -0.4 is 0 Å². The highest BCUT2D eigenvalue weighted by Gasteiger charge is 1.93. The molecular formula is C9H11FN-. The van der Waals surface area contributed by atoms with Crippen molar-refractivity contribution >= 4 is 0 Å². The largest absolute Gasteiger partial charge is 0.659 e. The summed E-state index contributed by atoms with van der Waals surface area (Å²) in [4.78, 5) is 0. The standard InChI is InChI=1S/C9H11FN/c1-7(11-2)8-3-5-9(10)6-4-8/h3-7H,1-2H3/q-1/t7-/m1/s1. The summed E-state index contributed by atoms with van der Waals surface area (Å²) >= 11 is 0. The van der Waals surface area contributed by atoms with E-state index in [9.17, 15) is 4.39 Å². The maximum Gasteiger partial charge on any atom is 0.123 e. The molecule has 1 atom stereocenters. The first-order valence-electron chi connectivity index (χ1n) is 3.58. The SMILES string of the molecule is C[N-][C@H](C)c1ccc(F)cc1. The summed E-state index contributed by atoms with van der Waals surface area (Å²) in [5.74, 6) is -0.197. The molecule has 0 aromatic heterocycles. The molecule has 0 aliphatic heterocycles. The lowest BCUT2D eigenvalue weighted by atomic mass is 10.1. The molecule has 0 unspecified atom stereocenters. The number of nitrogens with zero attached hydrogens (tertiary/aromatic N) is 1. The fourth-order valence-corrected chi connectivity index (χ4v) is 0.890. The molecule has 0 aliphatic carbocycles. The molecule has 1 nitrogen and oxygen atoms in total. The van der Waals surface area contributed by atoms with Crippen molar-refractivity contribution in [3.8, 4) is 0 Å². The highest BCUT2D eigenvalue weighted by atomic mass is 19.1. The zero-order valence-corrected chi connectivity index (χ0v) is 6.71. The Morgan fingerprint density at radius 3 is 2.27 bits per heavy atom. The van der Waals surface area contributed by atoms with Gasteiger partial charge in [0.05, 0.1) is 0 Å². The number of rotatable bonds is 2. The van der Waals surface area contributed by atoms with E-state index < -0.39 is 0 Å². The Bertz CT molecular complexity index is 218. The minimum absolute atomic E-state index is 0.163. The Morgan fingerprint density at radius 1 is 1.27 bits per heavy atom. The highest BCUT2D eigenvalue weighted by molar-refractivity contribution is 5.22. The molecule has 11 heavy (non-hydrogen) atoms. The van der Waals surface area contributed by atoms with Gasteiger partial charge in [-0.05, 0) is 12.1 Å². The van der Waals surface area contributed by atoms with Gasteiger partial charge in [-0.3, -0.25) is 0 Å². The molecule has 0 bridgehead atoms. The molecule has 0 N–H and O–H groups in total. The first kappa shape index (κ1) is 8.21. The first-order chi connectivity index (χ1) is 5.24. The van der Waals surface area contributed by atoms with Gasteiger partial charge in [0.1, 0.15) is 5.82 Å². The van der Waals surface area contributed by atoms with Gasteiger partial charge in [-0.25, -0.2) is 4.39 Å². The van der Waals surface area contributed by atoms with Crippen LogP contribution in [0.5, 0.6) is 0 Å². The lowest BCUT2D eigenvalue weighted by Gasteiger charge is -2.22. The van der Waals surface area contributed by atoms with E-state index in [1.807, 2.05) is 6.92 Å². The summed E-state index contributed by atoms with van der Waals surface area (Å²) in [6.45, 7) is 1.98. The van der Waals surface area contributed by atoms with Gasteiger partial charge < -0.3 is 5.32 Å². The molecular weight excluding hydrogens is 141 g/mol. The van der Waals surface area contributed by atoms with Crippen LogP contribution in [0.3, 0.4) is 0 Å².